The maximum atomic E-state index is 12.6. The van der Waals surface area contributed by atoms with Crippen LogP contribution in [0.3, 0.4) is 0 Å². The summed E-state index contributed by atoms with van der Waals surface area (Å²) in [7, 11) is 0. The molecule has 0 fully saturated rings. The molecule has 0 aliphatic carbocycles. The van der Waals surface area contributed by atoms with E-state index in [4.69, 9.17) is 0 Å². The van der Waals surface area contributed by atoms with E-state index in [-0.39, 0.29) is 6.54 Å². The number of halogens is 3. The fourth-order valence-electron chi connectivity index (χ4n) is 2.04. The van der Waals surface area contributed by atoms with Crippen molar-refractivity contribution in [1.29, 1.82) is 0 Å². The monoisotopic (exact) mass is 278 g/mol. The lowest BCUT2D eigenvalue weighted by Crippen LogP contribution is -2.38. The van der Waals surface area contributed by atoms with Gasteiger partial charge in [0, 0.05) is 19.6 Å². The number of alkyl halides is 3. The first-order valence-electron chi connectivity index (χ1n) is 6.11. The number of fused-ring (bicyclic) bond motifs is 1. The molecule has 0 atom stereocenters. The van der Waals surface area contributed by atoms with Gasteiger partial charge in [-0.05, 0) is 20.3 Å². The zero-order valence-electron chi connectivity index (χ0n) is 10.9. The van der Waals surface area contributed by atoms with Gasteiger partial charge in [-0.1, -0.05) is 0 Å². The standard InChI is InChI=1S/C11H17F3N4O/c1-10(2,19)3-4-17-5-6-18-8(7-17)15-16-9(18)11(12,13)14/h19H,3-7H2,1-2H3. The third kappa shape index (κ3) is 3.44. The summed E-state index contributed by atoms with van der Waals surface area (Å²) in [6.07, 6.45) is -3.90. The summed E-state index contributed by atoms with van der Waals surface area (Å²) < 4.78 is 39.0. The van der Waals surface area contributed by atoms with Gasteiger partial charge in [0.1, 0.15) is 5.82 Å². The minimum Gasteiger partial charge on any atom is -0.390 e. The van der Waals surface area contributed by atoms with E-state index in [9.17, 15) is 18.3 Å². The van der Waals surface area contributed by atoms with Crippen LogP contribution in [0.15, 0.2) is 0 Å². The van der Waals surface area contributed by atoms with Crippen LogP contribution >= 0.6 is 0 Å². The molecule has 19 heavy (non-hydrogen) atoms. The summed E-state index contributed by atoms with van der Waals surface area (Å²) in [5, 5.41) is 16.5. The number of aliphatic hydroxyl groups is 1. The van der Waals surface area contributed by atoms with Gasteiger partial charge in [0.25, 0.3) is 0 Å². The molecule has 0 unspecified atom stereocenters. The molecule has 108 valence electrons. The Morgan fingerprint density at radius 1 is 1.21 bits per heavy atom. The predicted molar refractivity (Wildman–Crippen MR) is 61.2 cm³/mol. The Morgan fingerprint density at radius 3 is 2.47 bits per heavy atom. The summed E-state index contributed by atoms with van der Waals surface area (Å²) in [6, 6.07) is 0. The van der Waals surface area contributed by atoms with Crippen molar-refractivity contribution in [3.8, 4) is 0 Å². The number of aromatic nitrogens is 3. The maximum Gasteiger partial charge on any atom is 0.451 e. The molecule has 2 rings (SSSR count). The Kier molecular flexibility index (Phi) is 3.57. The van der Waals surface area contributed by atoms with E-state index in [0.29, 0.717) is 31.9 Å². The summed E-state index contributed by atoms with van der Waals surface area (Å²) in [5.74, 6) is -0.598. The first kappa shape index (κ1) is 14.3. The number of rotatable bonds is 3. The SMILES string of the molecule is CC(C)(O)CCN1CCn2c(nnc2C(F)(F)F)C1. The second-order valence-corrected chi connectivity index (χ2v) is 5.43. The van der Waals surface area contributed by atoms with Crippen LogP contribution in [0.1, 0.15) is 31.9 Å². The van der Waals surface area contributed by atoms with Crippen molar-refractivity contribution in [3.63, 3.8) is 0 Å². The van der Waals surface area contributed by atoms with E-state index in [1.165, 1.54) is 0 Å². The molecule has 2 heterocycles. The largest absolute Gasteiger partial charge is 0.451 e. The van der Waals surface area contributed by atoms with Crippen molar-refractivity contribution in [2.45, 2.75) is 45.1 Å². The van der Waals surface area contributed by atoms with Crippen LogP contribution in [0.5, 0.6) is 0 Å². The van der Waals surface area contributed by atoms with Gasteiger partial charge in [-0.3, -0.25) is 4.90 Å². The normalized spacial score (nSPS) is 17.6. The van der Waals surface area contributed by atoms with Gasteiger partial charge >= 0.3 is 6.18 Å². The molecule has 1 aliphatic rings. The lowest BCUT2D eigenvalue weighted by molar-refractivity contribution is -0.148. The molecule has 1 N–H and O–H groups in total. The van der Waals surface area contributed by atoms with Crippen LogP contribution in [0.25, 0.3) is 0 Å². The fraction of sp³-hybridized carbons (Fsp3) is 0.818. The van der Waals surface area contributed by atoms with Gasteiger partial charge < -0.3 is 9.67 Å². The van der Waals surface area contributed by atoms with Crippen molar-refractivity contribution >= 4 is 0 Å². The van der Waals surface area contributed by atoms with Gasteiger partial charge in [-0.25, -0.2) is 0 Å². The van der Waals surface area contributed by atoms with Crippen LogP contribution in [0.2, 0.25) is 0 Å². The molecule has 0 saturated carbocycles. The minimum atomic E-state index is -4.46. The Balaban J connectivity index is 2.04. The van der Waals surface area contributed by atoms with Crippen molar-refractivity contribution in [2.75, 3.05) is 13.1 Å². The Hall–Kier alpha value is -1.15. The van der Waals surface area contributed by atoms with Crippen molar-refractivity contribution in [3.05, 3.63) is 11.6 Å². The highest BCUT2D eigenvalue weighted by Gasteiger charge is 2.39. The van der Waals surface area contributed by atoms with Crippen molar-refractivity contribution < 1.29 is 18.3 Å². The van der Waals surface area contributed by atoms with E-state index in [2.05, 4.69) is 10.2 Å². The molecule has 0 bridgehead atoms. The summed E-state index contributed by atoms with van der Waals surface area (Å²) >= 11 is 0. The highest BCUT2D eigenvalue weighted by molar-refractivity contribution is 5.02. The molecule has 1 aliphatic heterocycles. The van der Waals surface area contributed by atoms with Crippen LogP contribution in [0.4, 0.5) is 13.2 Å². The van der Waals surface area contributed by atoms with E-state index in [1.807, 2.05) is 4.90 Å². The molecule has 0 spiro atoms. The van der Waals surface area contributed by atoms with Gasteiger partial charge in [0.15, 0.2) is 0 Å². The van der Waals surface area contributed by atoms with Crippen molar-refractivity contribution in [1.82, 2.24) is 19.7 Å². The first-order chi connectivity index (χ1) is 8.67. The summed E-state index contributed by atoms with van der Waals surface area (Å²) in [5.41, 5.74) is -0.776. The van der Waals surface area contributed by atoms with Crippen LogP contribution in [-0.4, -0.2) is 43.5 Å². The third-order valence-electron chi connectivity index (χ3n) is 3.13. The summed E-state index contributed by atoms with van der Waals surface area (Å²) in [4.78, 5) is 1.97. The highest BCUT2D eigenvalue weighted by atomic mass is 19.4. The zero-order chi connectivity index (χ0) is 14.3. The first-order valence-corrected chi connectivity index (χ1v) is 6.11. The van der Waals surface area contributed by atoms with Crippen LogP contribution in [-0.2, 0) is 19.3 Å². The Bertz CT molecular complexity index is 450. The molecular formula is C11H17F3N4O. The number of nitrogens with zero attached hydrogens (tertiary/aromatic N) is 4. The molecule has 0 saturated heterocycles. The van der Waals surface area contributed by atoms with Gasteiger partial charge in [-0.2, -0.15) is 13.2 Å². The molecule has 0 amide bonds. The topological polar surface area (TPSA) is 54.2 Å². The van der Waals surface area contributed by atoms with Gasteiger partial charge in [0.2, 0.25) is 5.82 Å². The van der Waals surface area contributed by atoms with Crippen LogP contribution < -0.4 is 0 Å². The zero-order valence-corrected chi connectivity index (χ0v) is 10.9. The average molecular weight is 278 g/mol. The second kappa shape index (κ2) is 4.75. The second-order valence-electron chi connectivity index (χ2n) is 5.43. The van der Waals surface area contributed by atoms with E-state index in [0.717, 1.165) is 4.57 Å². The highest BCUT2D eigenvalue weighted by Crippen LogP contribution is 2.29. The molecule has 0 radical (unpaired) electrons. The predicted octanol–water partition coefficient (Wildman–Crippen LogP) is 1.27. The molecule has 1 aromatic rings. The Morgan fingerprint density at radius 2 is 1.89 bits per heavy atom. The molecule has 0 aromatic carbocycles. The molecule has 1 aromatic heterocycles. The number of hydrogen-bond donors (Lipinski definition) is 1. The maximum absolute atomic E-state index is 12.6. The molecule has 5 nitrogen and oxygen atoms in total. The van der Waals surface area contributed by atoms with E-state index >= 15 is 0 Å². The van der Waals surface area contributed by atoms with Gasteiger partial charge in [-0.15, -0.1) is 10.2 Å². The Labute approximate surface area is 109 Å². The average Bonchev–Trinajstić information content (AvgIpc) is 2.67. The van der Waals surface area contributed by atoms with E-state index < -0.39 is 17.6 Å². The lowest BCUT2D eigenvalue weighted by atomic mass is 10.1. The summed E-state index contributed by atoms with van der Waals surface area (Å²) in [6.45, 7) is 5.10. The quantitative estimate of drug-likeness (QED) is 0.904. The van der Waals surface area contributed by atoms with E-state index in [1.54, 1.807) is 13.8 Å². The minimum absolute atomic E-state index is 0.225. The number of hydrogen-bond acceptors (Lipinski definition) is 4. The van der Waals surface area contributed by atoms with Crippen molar-refractivity contribution in [2.24, 2.45) is 0 Å². The van der Waals surface area contributed by atoms with Crippen LogP contribution in [0, 0.1) is 0 Å². The van der Waals surface area contributed by atoms with Gasteiger partial charge in [0.05, 0.1) is 12.1 Å². The molecule has 8 heteroatoms. The fourth-order valence-corrected chi connectivity index (χ4v) is 2.04. The smallest absolute Gasteiger partial charge is 0.390 e. The lowest BCUT2D eigenvalue weighted by Gasteiger charge is -2.29. The third-order valence-corrected chi connectivity index (χ3v) is 3.13. The molecular weight excluding hydrogens is 261 g/mol.